The Morgan fingerprint density at radius 3 is 2.84 bits per heavy atom. The largest absolute Gasteiger partial charge is 0.506 e. The molecule has 2 rings (SSSR count). The minimum Gasteiger partial charge on any atom is -0.506 e. The molecule has 0 amide bonds. The van der Waals surface area contributed by atoms with Crippen molar-refractivity contribution in [3.63, 3.8) is 0 Å². The Labute approximate surface area is 126 Å². The lowest BCUT2D eigenvalue weighted by Crippen LogP contribution is -2.20. The smallest absolute Gasteiger partial charge is 0.138 e. The van der Waals surface area contributed by atoms with E-state index in [0.29, 0.717) is 17.1 Å². The fourth-order valence-electron chi connectivity index (χ4n) is 1.80. The molecule has 0 aliphatic carbocycles. The van der Waals surface area contributed by atoms with Crippen molar-refractivity contribution >= 4 is 34.5 Å². The third kappa shape index (κ3) is 3.60. The Kier molecular flexibility index (Phi) is 5.05. The molecule has 1 aromatic carbocycles. The molecule has 0 saturated heterocycles. The minimum absolute atomic E-state index is 0.0764. The second kappa shape index (κ2) is 6.57. The first kappa shape index (κ1) is 14.6. The van der Waals surface area contributed by atoms with Crippen LogP contribution in [0.25, 0.3) is 0 Å². The van der Waals surface area contributed by atoms with E-state index in [-0.39, 0.29) is 16.8 Å². The van der Waals surface area contributed by atoms with Crippen LogP contribution in [0.15, 0.2) is 23.7 Å². The normalized spacial score (nSPS) is 12.6. The van der Waals surface area contributed by atoms with Gasteiger partial charge in [-0.3, -0.25) is 0 Å². The van der Waals surface area contributed by atoms with E-state index in [0.717, 1.165) is 11.4 Å². The molecule has 6 heteroatoms. The number of rotatable bonds is 5. The highest BCUT2D eigenvalue weighted by Crippen LogP contribution is 2.31. The maximum Gasteiger partial charge on any atom is 0.138 e. The maximum atomic E-state index is 9.89. The van der Waals surface area contributed by atoms with Crippen LogP contribution in [0.1, 0.15) is 30.0 Å². The summed E-state index contributed by atoms with van der Waals surface area (Å²) >= 11 is 13.4. The summed E-state index contributed by atoms with van der Waals surface area (Å²) in [5.74, 6) is 0.0764. The summed E-state index contributed by atoms with van der Waals surface area (Å²) in [6, 6.07) is 3.40. The number of hydrogen-bond donors (Lipinski definition) is 2. The van der Waals surface area contributed by atoms with E-state index in [2.05, 4.69) is 17.2 Å². The van der Waals surface area contributed by atoms with Crippen LogP contribution in [0.5, 0.6) is 5.75 Å². The van der Waals surface area contributed by atoms with E-state index in [1.165, 1.54) is 6.07 Å². The molecule has 2 N–H and O–H groups in total. The lowest BCUT2D eigenvalue weighted by molar-refractivity contribution is 0.455. The molecule has 0 aliphatic rings. The Bertz CT molecular complexity index is 546. The molecule has 0 bridgehead atoms. The first-order valence-electron chi connectivity index (χ1n) is 5.91. The zero-order valence-electron chi connectivity index (χ0n) is 10.4. The SMILES string of the molecule is CCC(NCc1cc(Cl)cc(Cl)c1O)c1nccs1. The third-order valence-electron chi connectivity index (χ3n) is 2.80. The van der Waals surface area contributed by atoms with Gasteiger partial charge >= 0.3 is 0 Å². The Hall–Kier alpha value is -0.810. The topological polar surface area (TPSA) is 45.1 Å². The lowest BCUT2D eigenvalue weighted by Gasteiger charge is -2.15. The van der Waals surface area contributed by atoms with Crippen molar-refractivity contribution in [2.45, 2.75) is 25.9 Å². The highest BCUT2D eigenvalue weighted by atomic mass is 35.5. The van der Waals surface area contributed by atoms with E-state index in [4.69, 9.17) is 23.2 Å². The summed E-state index contributed by atoms with van der Waals surface area (Å²) in [6.45, 7) is 2.58. The lowest BCUT2D eigenvalue weighted by atomic mass is 10.1. The molecule has 1 unspecified atom stereocenters. The zero-order chi connectivity index (χ0) is 13.8. The van der Waals surface area contributed by atoms with Crippen LogP contribution >= 0.6 is 34.5 Å². The summed E-state index contributed by atoms with van der Waals surface area (Å²) in [6.07, 6.45) is 2.71. The molecule has 0 aliphatic heterocycles. The number of aromatic nitrogens is 1. The number of aromatic hydroxyl groups is 1. The van der Waals surface area contributed by atoms with Gasteiger partial charge in [0.15, 0.2) is 0 Å². The van der Waals surface area contributed by atoms with Crippen molar-refractivity contribution in [1.29, 1.82) is 0 Å². The van der Waals surface area contributed by atoms with Gasteiger partial charge in [-0.2, -0.15) is 0 Å². The van der Waals surface area contributed by atoms with E-state index < -0.39 is 0 Å². The summed E-state index contributed by atoms with van der Waals surface area (Å²) in [7, 11) is 0. The first-order valence-corrected chi connectivity index (χ1v) is 7.55. The fraction of sp³-hybridized carbons (Fsp3) is 0.308. The van der Waals surface area contributed by atoms with Gasteiger partial charge in [0, 0.05) is 28.7 Å². The Morgan fingerprint density at radius 2 is 2.21 bits per heavy atom. The van der Waals surface area contributed by atoms with Crippen molar-refractivity contribution in [2.24, 2.45) is 0 Å². The molecule has 0 fully saturated rings. The van der Waals surface area contributed by atoms with Crippen LogP contribution in [0, 0.1) is 0 Å². The molecule has 2 aromatic rings. The molecular weight excluding hydrogens is 303 g/mol. The third-order valence-corrected chi connectivity index (χ3v) is 4.20. The van der Waals surface area contributed by atoms with Gasteiger partial charge in [-0.1, -0.05) is 30.1 Å². The average molecular weight is 317 g/mol. The number of phenolic OH excluding ortho intramolecular Hbond substituents is 1. The number of nitrogens with zero attached hydrogens (tertiary/aromatic N) is 1. The monoisotopic (exact) mass is 316 g/mol. The number of halogens is 2. The Balaban J connectivity index is 2.10. The van der Waals surface area contributed by atoms with E-state index in [1.807, 2.05) is 5.38 Å². The van der Waals surface area contributed by atoms with Crippen molar-refractivity contribution in [1.82, 2.24) is 10.3 Å². The fourth-order valence-corrected chi connectivity index (χ4v) is 3.13. The van der Waals surface area contributed by atoms with Crippen molar-refractivity contribution in [3.05, 3.63) is 44.3 Å². The second-order valence-corrected chi connectivity index (χ2v) is 5.88. The van der Waals surface area contributed by atoms with Crippen LogP contribution in [0.4, 0.5) is 0 Å². The highest BCUT2D eigenvalue weighted by molar-refractivity contribution is 7.09. The quantitative estimate of drug-likeness (QED) is 0.859. The van der Waals surface area contributed by atoms with Gasteiger partial charge in [0.2, 0.25) is 0 Å². The van der Waals surface area contributed by atoms with Gasteiger partial charge in [0.05, 0.1) is 11.1 Å². The molecule has 0 saturated carbocycles. The van der Waals surface area contributed by atoms with E-state index in [9.17, 15) is 5.11 Å². The standard InChI is InChI=1S/C13H14Cl2N2OS/c1-2-11(13-16-3-4-19-13)17-7-8-5-9(14)6-10(15)12(8)18/h3-6,11,17-18H,2,7H2,1H3. The van der Waals surface area contributed by atoms with Crippen molar-refractivity contribution < 1.29 is 5.11 Å². The summed E-state index contributed by atoms with van der Waals surface area (Å²) in [5, 5.41) is 17.0. The minimum atomic E-state index is 0.0764. The zero-order valence-corrected chi connectivity index (χ0v) is 12.7. The number of thiazole rings is 1. The molecule has 3 nitrogen and oxygen atoms in total. The van der Waals surface area contributed by atoms with Gasteiger partial charge in [-0.25, -0.2) is 4.98 Å². The molecule has 0 radical (unpaired) electrons. The maximum absolute atomic E-state index is 9.89. The average Bonchev–Trinajstić information content (AvgIpc) is 2.89. The van der Waals surface area contributed by atoms with Crippen LogP contribution < -0.4 is 5.32 Å². The molecule has 19 heavy (non-hydrogen) atoms. The molecule has 1 aromatic heterocycles. The van der Waals surface area contributed by atoms with E-state index in [1.54, 1.807) is 23.6 Å². The summed E-state index contributed by atoms with van der Waals surface area (Å²) in [4.78, 5) is 4.30. The van der Waals surface area contributed by atoms with Gasteiger partial charge in [0.1, 0.15) is 10.8 Å². The molecular formula is C13H14Cl2N2OS. The number of hydrogen-bond acceptors (Lipinski definition) is 4. The summed E-state index contributed by atoms with van der Waals surface area (Å²) < 4.78 is 0. The highest BCUT2D eigenvalue weighted by Gasteiger charge is 2.13. The Morgan fingerprint density at radius 1 is 1.42 bits per heavy atom. The van der Waals surface area contributed by atoms with Crippen molar-refractivity contribution in [3.8, 4) is 5.75 Å². The second-order valence-electron chi connectivity index (χ2n) is 4.11. The van der Waals surface area contributed by atoms with Crippen LogP contribution in [0.2, 0.25) is 10.0 Å². The predicted octanol–water partition coefficient (Wildman–Crippen LogP) is 4.40. The van der Waals surface area contributed by atoms with Gasteiger partial charge < -0.3 is 10.4 Å². The van der Waals surface area contributed by atoms with Crippen LogP contribution in [0.3, 0.4) is 0 Å². The van der Waals surface area contributed by atoms with Gasteiger partial charge in [-0.05, 0) is 18.6 Å². The molecule has 1 heterocycles. The first-order chi connectivity index (χ1) is 9.11. The molecule has 102 valence electrons. The van der Waals surface area contributed by atoms with Crippen LogP contribution in [-0.4, -0.2) is 10.1 Å². The predicted molar refractivity (Wildman–Crippen MR) is 80.1 cm³/mol. The molecule has 0 spiro atoms. The van der Waals surface area contributed by atoms with Crippen LogP contribution in [-0.2, 0) is 6.54 Å². The van der Waals surface area contributed by atoms with E-state index >= 15 is 0 Å². The summed E-state index contributed by atoms with van der Waals surface area (Å²) in [5.41, 5.74) is 0.688. The number of benzene rings is 1. The number of phenols is 1. The molecule has 1 atom stereocenters. The van der Waals surface area contributed by atoms with Crippen molar-refractivity contribution in [2.75, 3.05) is 0 Å². The number of nitrogens with one attached hydrogen (secondary N) is 1. The van der Waals surface area contributed by atoms with Gasteiger partial charge in [0.25, 0.3) is 0 Å². The van der Waals surface area contributed by atoms with Gasteiger partial charge in [-0.15, -0.1) is 11.3 Å².